The molecule has 0 aliphatic heterocycles. The minimum atomic E-state index is -0.660. The van der Waals surface area contributed by atoms with Crippen molar-refractivity contribution in [1.82, 2.24) is 5.32 Å². The average Bonchev–Trinajstić information content (AvgIpc) is 2.54. The van der Waals surface area contributed by atoms with Crippen molar-refractivity contribution < 1.29 is 19.1 Å². The van der Waals surface area contributed by atoms with Crippen LogP contribution >= 0.6 is 0 Å². The van der Waals surface area contributed by atoms with Gasteiger partial charge in [-0.15, -0.1) is 0 Å². The van der Waals surface area contributed by atoms with Crippen LogP contribution in [0.2, 0.25) is 0 Å². The molecule has 1 atom stereocenters. The van der Waals surface area contributed by atoms with Gasteiger partial charge in [0.25, 0.3) is 0 Å². The Morgan fingerprint density at radius 1 is 1.04 bits per heavy atom. The van der Waals surface area contributed by atoms with E-state index in [4.69, 9.17) is 9.47 Å². The van der Waals surface area contributed by atoms with Crippen LogP contribution in [-0.2, 0) is 14.3 Å². The number of alkyl carbamates (subject to hydrolysis) is 1. The molecular weight excluding hydrogens is 306 g/mol. The van der Waals surface area contributed by atoms with E-state index < -0.39 is 12.1 Å². The van der Waals surface area contributed by atoms with E-state index in [0.29, 0.717) is 13.0 Å². The number of rotatable bonds is 14. The van der Waals surface area contributed by atoms with Gasteiger partial charge in [0.05, 0.1) is 6.61 Å². The first-order valence-electron chi connectivity index (χ1n) is 9.22. The maximum Gasteiger partial charge on any atom is 0.408 e. The molecule has 1 amide bonds. The van der Waals surface area contributed by atoms with Crippen LogP contribution in [0.15, 0.2) is 12.7 Å². The second-order valence-corrected chi connectivity index (χ2v) is 6.50. The number of amides is 1. The molecule has 0 aromatic heterocycles. The molecule has 0 saturated carbocycles. The average molecular weight is 341 g/mol. The molecule has 24 heavy (non-hydrogen) atoms. The van der Waals surface area contributed by atoms with Crippen molar-refractivity contribution in [2.45, 2.75) is 78.2 Å². The molecule has 5 nitrogen and oxygen atoms in total. The molecule has 1 unspecified atom stereocenters. The predicted molar refractivity (Wildman–Crippen MR) is 96.9 cm³/mol. The molecule has 0 saturated heterocycles. The van der Waals surface area contributed by atoms with Crippen LogP contribution in [0.3, 0.4) is 0 Å². The van der Waals surface area contributed by atoms with Crippen LogP contribution in [0.25, 0.3) is 0 Å². The summed E-state index contributed by atoms with van der Waals surface area (Å²) in [4.78, 5) is 23.8. The van der Waals surface area contributed by atoms with Crippen molar-refractivity contribution in [1.29, 1.82) is 0 Å². The summed E-state index contributed by atoms with van der Waals surface area (Å²) in [5.74, 6) is -0.119. The van der Waals surface area contributed by atoms with Crippen molar-refractivity contribution in [3.8, 4) is 0 Å². The summed E-state index contributed by atoms with van der Waals surface area (Å²) in [7, 11) is 0. The lowest BCUT2D eigenvalue weighted by Gasteiger charge is -2.19. The zero-order valence-electron chi connectivity index (χ0n) is 15.6. The Morgan fingerprint density at radius 3 is 2.25 bits per heavy atom. The molecule has 0 aliphatic carbocycles. The van der Waals surface area contributed by atoms with Gasteiger partial charge in [-0.3, -0.25) is 0 Å². The number of esters is 1. The normalized spacial score (nSPS) is 11.8. The Hall–Kier alpha value is -1.52. The van der Waals surface area contributed by atoms with Crippen molar-refractivity contribution in [3.05, 3.63) is 12.7 Å². The molecule has 5 heteroatoms. The van der Waals surface area contributed by atoms with E-state index >= 15 is 0 Å². The van der Waals surface area contributed by atoms with Gasteiger partial charge in [0.15, 0.2) is 0 Å². The lowest BCUT2D eigenvalue weighted by atomic mass is 10.0. The van der Waals surface area contributed by atoms with Crippen molar-refractivity contribution >= 4 is 12.1 Å². The highest BCUT2D eigenvalue weighted by atomic mass is 16.6. The molecule has 0 aromatic rings. The zero-order valence-corrected chi connectivity index (χ0v) is 15.6. The maximum absolute atomic E-state index is 12.1. The van der Waals surface area contributed by atoms with Crippen LogP contribution in [0.4, 0.5) is 4.79 Å². The van der Waals surface area contributed by atoms with Crippen molar-refractivity contribution in [2.24, 2.45) is 5.92 Å². The predicted octanol–water partition coefficient (Wildman–Crippen LogP) is 4.61. The molecule has 0 aromatic carbocycles. The number of carbonyl (C=O) groups is 2. The van der Waals surface area contributed by atoms with E-state index in [-0.39, 0.29) is 18.5 Å². The van der Waals surface area contributed by atoms with Crippen LogP contribution in [0.1, 0.15) is 72.1 Å². The summed E-state index contributed by atoms with van der Waals surface area (Å²) < 4.78 is 10.2. The highest BCUT2D eigenvalue weighted by Crippen LogP contribution is 2.09. The Balaban J connectivity index is 4.03. The fraction of sp³-hybridized carbons (Fsp3) is 0.789. The molecular formula is C19H35NO4. The van der Waals surface area contributed by atoms with E-state index in [0.717, 1.165) is 12.8 Å². The van der Waals surface area contributed by atoms with Gasteiger partial charge in [0.1, 0.15) is 12.6 Å². The second kappa shape index (κ2) is 15.0. The van der Waals surface area contributed by atoms with Crippen molar-refractivity contribution in [3.63, 3.8) is 0 Å². The Morgan fingerprint density at radius 2 is 1.67 bits per heavy atom. The minimum Gasteiger partial charge on any atom is -0.464 e. The van der Waals surface area contributed by atoms with E-state index in [1.165, 1.54) is 38.2 Å². The molecule has 0 fully saturated rings. The van der Waals surface area contributed by atoms with E-state index in [9.17, 15) is 9.59 Å². The molecule has 0 rings (SSSR count). The summed E-state index contributed by atoms with van der Waals surface area (Å²) >= 11 is 0. The Bertz CT molecular complexity index is 355. The smallest absolute Gasteiger partial charge is 0.408 e. The lowest BCUT2D eigenvalue weighted by Crippen LogP contribution is -2.43. The van der Waals surface area contributed by atoms with E-state index in [1.54, 1.807) is 0 Å². The summed E-state index contributed by atoms with van der Waals surface area (Å²) in [5.41, 5.74) is 0. The van der Waals surface area contributed by atoms with Gasteiger partial charge in [-0.25, -0.2) is 9.59 Å². The van der Waals surface area contributed by atoms with Crippen LogP contribution < -0.4 is 5.32 Å². The van der Waals surface area contributed by atoms with Gasteiger partial charge in [0, 0.05) is 0 Å². The standard InChI is InChI=1S/C19H35NO4/c1-5-7-8-9-10-11-12-14-23-18(21)17(15-16(3)4)20-19(22)24-13-6-2/h6,16-17H,2,5,7-15H2,1,3-4H3,(H,20,22). The molecule has 0 aliphatic rings. The Kier molecular flexibility index (Phi) is 14.1. The highest BCUT2D eigenvalue weighted by molar-refractivity contribution is 5.81. The van der Waals surface area contributed by atoms with Crippen LogP contribution in [-0.4, -0.2) is 31.3 Å². The number of hydrogen-bond acceptors (Lipinski definition) is 4. The van der Waals surface area contributed by atoms with Gasteiger partial charge in [-0.2, -0.15) is 0 Å². The minimum absolute atomic E-state index is 0.118. The lowest BCUT2D eigenvalue weighted by molar-refractivity contribution is -0.146. The van der Waals surface area contributed by atoms with E-state index in [1.807, 2.05) is 13.8 Å². The third kappa shape index (κ3) is 13.0. The SMILES string of the molecule is C=CCOC(=O)NC(CC(C)C)C(=O)OCCCCCCCCC. The van der Waals surface area contributed by atoms with Gasteiger partial charge in [-0.1, -0.05) is 72.0 Å². The monoisotopic (exact) mass is 341 g/mol. The first-order valence-corrected chi connectivity index (χ1v) is 9.22. The summed E-state index contributed by atoms with van der Waals surface area (Å²) in [6.45, 7) is 10.2. The summed E-state index contributed by atoms with van der Waals surface area (Å²) in [6.07, 6.45) is 9.57. The molecule has 0 heterocycles. The highest BCUT2D eigenvalue weighted by Gasteiger charge is 2.23. The molecule has 0 radical (unpaired) electrons. The third-order valence-electron chi connectivity index (χ3n) is 3.61. The first-order chi connectivity index (χ1) is 11.5. The van der Waals surface area contributed by atoms with Crippen molar-refractivity contribution in [2.75, 3.05) is 13.2 Å². The van der Waals surface area contributed by atoms with Crippen LogP contribution in [0, 0.1) is 5.92 Å². The Labute approximate surface area is 147 Å². The molecule has 0 bridgehead atoms. The first kappa shape index (κ1) is 22.5. The topological polar surface area (TPSA) is 64.6 Å². The maximum atomic E-state index is 12.1. The largest absolute Gasteiger partial charge is 0.464 e. The third-order valence-corrected chi connectivity index (χ3v) is 3.61. The van der Waals surface area contributed by atoms with Gasteiger partial charge in [0.2, 0.25) is 0 Å². The molecule has 140 valence electrons. The van der Waals surface area contributed by atoms with Gasteiger partial charge < -0.3 is 14.8 Å². The number of ether oxygens (including phenoxy) is 2. The number of nitrogens with one attached hydrogen (secondary N) is 1. The fourth-order valence-corrected chi connectivity index (χ4v) is 2.34. The number of carbonyl (C=O) groups excluding carboxylic acids is 2. The molecule has 0 spiro atoms. The second-order valence-electron chi connectivity index (χ2n) is 6.50. The summed E-state index contributed by atoms with van der Waals surface area (Å²) in [6, 6.07) is -0.660. The summed E-state index contributed by atoms with van der Waals surface area (Å²) in [5, 5.41) is 2.57. The zero-order chi connectivity index (χ0) is 18.2. The van der Waals surface area contributed by atoms with Gasteiger partial charge in [-0.05, 0) is 18.8 Å². The molecule has 1 N–H and O–H groups in total. The van der Waals surface area contributed by atoms with E-state index in [2.05, 4.69) is 18.8 Å². The quantitative estimate of drug-likeness (QED) is 0.285. The fourth-order valence-electron chi connectivity index (χ4n) is 2.34. The van der Waals surface area contributed by atoms with Crippen LogP contribution in [0.5, 0.6) is 0 Å². The van der Waals surface area contributed by atoms with Gasteiger partial charge >= 0.3 is 12.1 Å². The number of unbranched alkanes of at least 4 members (excludes halogenated alkanes) is 6. The number of hydrogen-bond donors (Lipinski definition) is 1.